The van der Waals surface area contributed by atoms with Crippen molar-refractivity contribution in [1.29, 1.82) is 0 Å². The lowest BCUT2D eigenvalue weighted by Crippen LogP contribution is -2.21. The van der Waals surface area contributed by atoms with Gasteiger partial charge in [-0.15, -0.1) is 16.7 Å². The summed E-state index contributed by atoms with van der Waals surface area (Å²) in [5.41, 5.74) is 2.20. The minimum Gasteiger partial charge on any atom is -0.488 e. The number of alkyl halides is 1. The molecule has 1 aromatic carbocycles. The highest BCUT2D eigenvalue weighted by Crippen LogP contribution is 2.28. The molecule has 0 aliphatic carbocycles. The summed E-state index contributed by atoms with van der Waals surface area (Å²) in [5.74, 6) is 1.56. The molecule has 0 spiro atoms. The van der Waals surface area contributed by atoms with Crippen molar-refractivity contribution in [2.75, 3.05) is 5.88 Å². The highest BCUT2D eigenvalue weighted by atomic mass is 35.5. The third-order valence-electron chi connectivity index (χ3n) is 3.04. The van der Waals surface area contributed by atoms with Gasteiger partial charge in [0, 0.05) is 24.9 Å². The second-order valence-electron chi connectivity index (χ2n) is 4.42. The number of benzene rings is 1. The first kappa shape index (κ1) is 11.5. The van der Waals surface area contributed by atoms with Gasteiger partial charge in [-0.1, -0.05) is 23.4 Å². The van der Waals surface area contributed by atoms with Crippen LogP contribution in [0.3, 0.4) is 0 Å². The summed E-state index contributed by atoms with van der Waals surface area (Å²) >= 11 is 5.67. The molecule has 2 heterocycles. The van der Waals surface area contributed by atoms with Gasteiger partial charge in [0.05, 0.1) is 12.2 Å². The third-order valence-corrected chi connectivity index (χ3v) is 3.23. The highest BCUT2D eigenvalue weighted by Gasteiger charge is 2.22. The van der Waals surface area contributed by atoms with Gasteiger partial charge in [-0.3, -0.25) is 0 Å². The molecule has 1 atom stereocenters. The number of hydrogen-bond donors (Lipinski definition) is 0. The zero-order chi connectivity index (χ0) is 12.4. The van der Waals surface area contributed by atoms with Crippen molar-refractivity contribution < 1.29 is 4.74 Å². The Kier molecular flexibility index (Phi) is 3.19. The molecule has 0 bridgehead atoms. The van der Waals surface area contributed by atoms with E-state index in [1.54, 1.807) is 0 Å². The van der Waals surface area contributed by atoms with E-state index in [1.807, 2.05) is 29.1 Å². The summed E-state index contributed by atoms with van der Waals surface area (Å²) in [5, 5.41) is 8.16. The fourth-order valence-electron chi connectivity index (χ4n) is 2.20. The lowest BCUT2D eigenvalue weighted by molar-refractivity contribution is 0.202. The van der Waals surface area contributed by atoms with Crippen molar-refractivity contribution >= 4 is 11.6 Å². The first-order valence-electron chi connectivity index (χ1n) is 6.04. The fourth-order valence-corrected chi connectivity index (χ4v) is 2.40. The molecule has 18 heavy (non-hydrogen) atoms. The lowest BCUT2D eigenvalue weighted by Gasteiger charge is -2.09. The van der Waals surface area contributed by atoms with Crippen molar-refractivity contribution in [1.82, 2.24) is 15.0 Å². The summed E-state index contributed by atoms with van der Waals surface area (Å²) in [4.78, 5) is 0. The van der Waals surface area contributed by atoms with Crippen LogP contribution in [0, 0.1) is 0 Å². The molecule has 94 valence electrons. The van der Waals surface area contributed by atoms with Gasteiger partial charge in [0.1, 0.15) is 11.9 Å². The molecule has 2 aromatic rings. The maximum Gasteiger partial charge on any atom is 0.123 e. The Hall–Kier alpha value is -1.55. The van der Waals surface area contributed by atoms with Crippen LogP contribution in [0.5, 0.6) is 5.75 Å². The molecule has 0 fully saturated rings. The van der Waals surface area contributed by atoms with Crippen LogP contribution in [-0.4, -0.2) is 27.0 Å². The molecule has 0 saturated heterocycles. The zero-order valence-corrected chi connectivity index (χ0v) is 10.7. The number of aromatic nitrogens is 3. The predicted molar refractivity (Wildman–Crippen MR) is 69.0 cm³/mol. The number of hydrogen-bond acceptors (Lipinski definition) is 3. The summed E-state index contributed by atoms with van der Waals surface area (Å²) in [6.45, 7) is 0.726. The van der Waals surface area contributed by atoms with E-state index in [0.29, 0.717) is 5.88 Å². The van der Waals surface area contributed by atoms with E-state index in [1.165, 1.54) is 5.56 Å². The molecule has 1 unspecified atom stereocenters. The molecule has 0 amide bonds. The lowest BCUT2D eigenvalue weighted by atomic mass is 10.1. The quantitative estimate of drug-likeness (QED) is 0.793. The number of fused-ring (bicyclic) bond motifs is 1. The number of rotatable bonds is 4. The van der Waals surface area contributed by atoms with E-state index >= 15 is 0 Å². The van der Waals surface area contributed by atoms with Gasteiger partial charge < -0.3 is 4.74 Å². The van der Waals surface area contributed by atoms with Crippen LogP contribution in [0.4, 0.5) is 0 Å². The summed E-state index contributed by atoms with van der Waals surface area (Å²) in [7, 11) is 0. The van der Waals surface area contributed by atoms with Crippen LogP contribution in [0.1, 0.15) is 11.3 Å². The van der Waals surface area contributed by atoms with Crippen molar-refractivity contribution in [2.24, 2.45) is 0 Å². The van der Waals surface area contributed by atoms with E-state index in [9.17, 15) is 0 Å². The average Bonchev–Trinajstić information content (AvgIpc) is 2.96. The van der Waals surface area contributed by atoms with Gasteiger partial charge in [0.25, 0.3) is 0 Å². The van der Waals surface area contributed by atoms with Crippen molar-refractivity contribution in [2.45, 2.75) is 25.5 Å². The van der Waals surface area contributed by atoms with Crippen molar-refractivity contribution in [3.05, 3.63) is 41.7 Å². The second-order valence-corrected chi connectivity index (χ2v) is 4.80. The third kappa shape index (κ3) is 2.34. The fraction of sp³-hybridized carbons (Fsp3) is 0.385. The zero-order valence-electron chi connectivity index (χ0n) is 9.92. The highest BCUT2D eigenvalue weighted by molar-refractivity contribution is 6.17. The molecular weight excluding hydrogens is 250 g/mol. The molecule has 0 radical (unpaired) electrons. The van der Waals surface area contributed by atoms with Crippen molar-refractivity contribution in [3.63, 3.8) is 0 Å². The smallest absolute Gasteiger partial charge is 0.123 e. The molecule has 1 aliphatic heterocycles. The molecule has 3 rings (SSSR count). The Bertz CT molecular complexity index is 516. The minimum absolute atomic E-state index is 0.146. The van der Waals surface area contributed by atoms with E-state index in [2.05, 4.69) is 16.4 Å². The summed E-state index contributed by atoms with van der Waals surface area (Å²) < 4.78 is 7.70. The van der Waals surface area contributed by atoms with Crippen LogP contribution in [0.25, 0.3) is 0 Å². The van der Waals surface area contributed by atoms with Crippen LogP contribution >= 0.6 is 11.6 Å². The number of para-hydroxylation sites is 1. The van der Waals surface area contributed by atoms with Gasteiger partial charge >= 0.3 is 0 Å². The molecule has 1 aromatic heterocycles. The number of halogens is 1. The standard InChI is InChI=1S/C13H14ClN3O/c14-6-5-11-8-17(16-15-11)9-12-7-10-3-1-2-4-13(10)18-12/h1-4,8,12H,5-7,9H2. The molecular formula is C13H14ClN3O. The van der Waals surface area contributed by atoms with Crippen LogP contribution in [0.2, 0.25) is 0 Å². The average molecular weight is 264 g/mol. The number of nitrogens with zero attached hydrogens (tertiary/aromatic N) is 3. The molecule has 0 N–H and O–H groups in total. The van der Waals surface area contributed by atoms with E-state index in [4.69, 9.17) is 16.3 Å². The first-order valence-corrected chi connectivity index (χ1v) is 6.58. The normalized spacial score (nSPS) is 17.5. The SMILES string of the molecule is ClCCc1cn(CC2Cc3ccccc3O2)nn1. The topological polar surface area (TPSA) is 39.9 Å². The van der Waals surface area contributed by atoms with E-state index < -0.39 is 0 Å². The van der Waals surface area contributed by atoms with Gasteiger partial charge in [0.2, 0.25) is 0 Å². The van der Waals surface area contributed by atoms with Gasteiger partial charge in [-0.25, -0.2) is 4.68 Å². The number of aryl methyl sites for hydroxylation is 1. The maximum absolute atomic E-state index is 5.87. The molecule has 5 heteroatoms. The Labute approximate surface area is 111 Å². The largest absolute Gasteiger partial charge is 0.488 e. The second kappa shape index (κ2) is 4.98. The number of ether oxygens (including phenoxy) is 1. The van der Waals surface area contributed by atoms with Gasteiger partial charge in [-0.05, 0) is 11.6 Å². The summed E-state index contributed by atoms with van der Waals surface area (Å²) in [6.07, 6.45) is 3.77. The van der Waals surface area contributed by atoms with Crippen LogP contribution < -0.4 is 4.74 Å². The Balaban J connectivity index is 1.65. The summed E-state index contributed by atoms with van der Waals surface area (Å²) in [6, 6.07) is 8.15. The maximum atomic E-state index is 5.87. The van der Waals surface area contributed by atoms with Gasteiger partial charge in [-0.2, -0.15) is 0 Å². The Morgan fingerprint density at radius 1 is 1.39 bits per heavy atom. The van der Waals surface area contributed by atoms with E-state index in [-0.39, 0.29) is 6.10 Å². The van der Waals surface area contributed by atoms with Gasteiger partial charge in [0.15, 0.2) is 0 Å². The first-order chi connectivity index (χ1) is 8.85. The Morgan fingerprint density at radius 3 is 3.11 bits per heavy atom. The molecule has 1 aliphatic rings. The predicted octanol–water partition coefficient (Wildman–Crippen LogP) is 2.06. The molecule has 0 saturated carbocycles. The Morgan fingerprint density at radius 2 is 2.28 bits per heavy atom. The van der Waals surface area contributed by atoms with E-state index in [0.717, 1.165) is 30.8 Å². The minimum atomic E-state index is 0.146. The van der Waals surface area contributed by atoms with Crippen molar-refractivity contribution in [3.8, 4) is 5.75 Å². The molecule has 4 nitrogen and oxygen atoms in total. The van der Waals surface area contributed by atoms with Crippen LogP contribution in [0.15, 0.2) is 30.5 Å². The van der Waals surface area contributed by atoms with Crippen LogP contribution in [-0.2, 0) is 19.4 Å². The monoisotopic (exact) mass is 263 g/mol.